The molecule has 0 saturated carbocycles. The molecule has 8 nitrogen and oxygen atoms in total. The second kappa shape index (κ2) is 8.39. The molecule has 1 amide bonds. The maximum atomic E-state index is 12.0. The van der Waals surface area contributed by atoms with E-state index in [1.165, 1.54) is 6.07 Å². The van der Waals surface area contributed by atoms with Gasteiger partial charge in [0.1, 0.15) is 11.3 Å². The van der Waals surface area contributed by atoms with Crippen LogP contribution in [0, 0.1) is 0 Å². The summed E-state index contributed by atoms with van der Waals surface area (Å²) in [7, 11) is 0. The van der Waals surface area contributed by atoms with E-state index in [0.29, 0.717) is 36.0 Å². The molecule has 2 aromatic carbocycles. The molecule has 0 atom stereocenters. The summed E-state index contributed by atoms with van der Waals surface area (Å²) in [6.45, 7) is 0.173. The van der Waals surface area contributed by atoms with Crippen molar-refractivity contribution in [3.63, 3.8) is 0 Å². The van der Waals surface area contributed by atoms with Crippen LogP contribution in [0.5, 0.6) is 5.75 Å². The largest absolute Gasteiger partial charge is 0.484 e. The number of ether oxygens (including phenoxy) is 1. The number of carbonyl (C=O) groups is 1. The van der Waals surface area contributed by atoms with Crippen molar-refractivity contribution in [1.82, 2.24) is 15.5 Å². The topological polar surface area (TPSA) is 107 Å². The van der Waals surface area contributed by atoms with Gasteiger partial charge >= 0.3 is 5.63 Å². The first kappa shape index (κ1) is 18.4. The first-order valence-electron chi connectivity index (χ1n) is 8.99. The van der Waals surface area contributed by atoms with Gasteiger partial charge in [0.2, 0.25) is 11.7 Å². The number of nitrogens with one attached hydrogen (secondary N) is 1. The fourth-order valence-electron chi connectivity index (χ4n) is 2.70. The van der Waals surface area contributed by atoms with Crippen molar-refractivity contribution in [3.8, 4) is 17.1 Å². The highest BCUT2D eigenvalue weighted by molar-refractivity contribution is 5.79. The summed E-state index contributed by atoms with van der Waals surface area (Å²) in [5, 5.41) is 7.44. The Morgan fingerprint density at radius 2 is 1.90 bits per heavy atom. The van der Waals surface area contributed by atoms with E-state index in [-0.39, 0.29) is 12.5 Å². The SMILES string of the molecule is O=C(COc1ccc2ccc(=O)oc2c1)NCCc1nc(-c2ccccc2)no1. The van der Waals surface area contributed by atoms with Crippen molar-refractivity contribution in [2.24, 2.45) is 0 Å². The van der Waals surface area contributed by atoms with Crippen LogP contribution in [0.3, 0.4) is 0 Å². The lowest BCUT2D eigenvalue weighted by Crippen LogP contribution is -2.30. The monoisotopic (exact) mass is 391 g/mol. The zero-order valence-corrected chi connectivity index (χ0v) is 15.3. The molecule has 29 heavy (non-hydrogen) atoms. The molecule has 4 aromatic rings. The van der Waals surface area contributed by atoms with Crippen LogP contribution in [0.1, 0.15) is 5.89 Å². The van der Waals surface area contributed by atoms with E-state index < -0.39 is 5.63 Å². The van der Waals surface area contributed by atoms with Crippen LogP contribution in [-0.4, -0.2) is 29.2 Å². The van der Waals surface area contributed by atoms with E-state index in [1.54, 1.807) is 24.3 Å². The highest BCUT2D eigenvalue weighted by atomic mass is 16.5. The standard InChI is InChI=1S/C21H17N3O5/c25-18(13-27-16-8-6-14-7-9-20(26)28-17(14)12-16)22-11-10-19-23-21(24-29-19)15-4-2-1-3-5-15/h1-9,12H,10-11,13H2,(H,22,25). The zero-order chi connectivity index (χ0) is 20.1. The molecule has 0 spiro atoms. The van der Waals surface area contributed by atoms with Crippen molar-refractivity contribution in [2.45, 2.75) is 6.42 Å². The number of carbonyl (C=O) groups excluding carboxylic acids is 1. The average Bonchev–Trinajstić information content (AvgIpc) is 3.21. The first-order chi connectivity index (χ1) is 14.2. The lowest BCUT2D eigenvalue weighted by molar-refractivity contribution is -0.123. The first-order valence-corrected chi connectivity index (χ1v) is 8.99. The molecule has 146 valence electrons. The van der Waals surface area contributed by atoms with Gasteiger partial charge in [0.05, 0.1) is 0 Å². The smallest absolute Gasteiger partial charge is 0.336 e. The highest BCUT2D eigenvalue weighted by Gasteiger charge is 2.09. The Morgan fingerprint density at radius 1 is 1.07 bits per heavy atom. The van der Waals surface area contributed by atoms with Crippen LogP contribution in [0.4, 0.5) is 0 Å². The number of amides is 1. The summed E-state index contributed by atoms with van der Waals surface area (Å²) >= 11 is 0. The second-order valence-electron chi connectivity index (χ2n) is 6.22. The Morgan fingerprint density at radius 3 is 2.76 bits per heavy atom. The Hall–Kier alpha value is -3.94. The molecule has 0 aliphatic rings. The van der Waals surface area contributed by atoms with Crippen molar-refractivity contribution in [1.29, 1.82) is 0 Å². The Bertz CT molecular complexity index is 1180. The lowest BCUT2D eigenvalue weighted by atomic mass is 10.2. The minimum Gasteiger partial charge on any atom is -0.484 e. The Balaban J connectivity index is 1.25. The van der Waals surface area contributed by atoms with Crippen LogP contribution in [0.25, 0.3) is 22.4 Å². The van der Waals surface area contributed by atoms with Crippen LogP contribution >= 0.6 is 0 Å². The number of fused-ring (bicyclic) bond motifs is 1. The van der Waals surface area contributed by atoms with Crippen molar-refractivity contribution < 1.29 is 18.5 Å². The maximum Gasteiger partial charge on any atom is 0.336 e. The Labute approximate surface area is 165 Å². The molecule has 0 radical (unpaired) electrons. The van der Waals surface area contributed by atoms with E-state index in [0.717, 1.165) is 10.9 Å². The zero-order valence-electron chi connectivity index (χ0n) is 15.3. The molecule has 0 bridgehead atoms. The molecule has 2 aromatic heterocycles. The number of aromatic nitrogens is 2. The molecule has 0 aliphatic carbocycles. The van der Waals surface area contributed by atoms with Crippen molar-refractivity contribution in [2.75, 3.05) is 13.2 Å². The van der Waals surface area contributed by atoms with E-state index in [2.05, 4.69) is 15.5 Å². The van der Waals surface area contributed by atoms with Gasteiger partial charge in [-0.05, 0) is 18.2 Å². The molecule has 2 heterocycles. The minimum absolute atomic E-state index is 0.165. The van der Waals surface area contributed by atoms with E-state index in [9.17, 15) is 9.59 Å². The van der Waals surface area contributed by atoms with Gasteiger partial charge in [0.25, 0.3) is 5.91 Å². The van der Waals surface area contributed by atoms with E-state index in [1.807, 2.05) is 30.3 Å². The molecule has 4 rings (SSSR count). The molecular weight excluding hydrogens is 374 g/mol. The van der Waals surface area contributed by atoms with Crippen LogP contribution < -0.4 is 15.7 Å². The summed E-state index contributed by atoms with van der Waals surface area (Å²) in [5.74, 6) is 1.10. The second-order valence-corrected chi connectivity index (χ2v) is 6.22. The third kappa shape index (κ3) is 4.67. The maximum absolute atomic E-state index is 12.0. The third-order valence-electron chi connectivity index (χ3n) is 4.13. The number of nitrogens with zero attached hydrogens (tertiary/aromatic N) is 2. The average molecular weight is 391 g/mol. The Kier molecular flexibility index (Phi) is 5.33. The molecule has 1 N–H and O–H groups in total. The number of hydrogen-bond acceptors (Lipinski definition) is 7. The number of hydrogen-bond donors (Lipinski definition) is 1. The summed E-state index contributed by atoms with van der Waals surface area (Å²) in [4.78, 5) is 27.6. The molecule has 0 aliphatic heterocycles. The minimum atomic E-state index is -0.441. The van der Waals surface area contributed by atoms with Gasteiger partial charge in [-0.3, -0.25) is 4.79 Å². The highest BCUT2D eigenvalue weighted by Crippen LogP contribution is 2.19. The normalized spacial score (nSPS) is 10.8. The van der Waals surface area contributed by atoms with Gasteiger partial charge in [0, 0.05) is 36.0 Å². The van der Waals surface area contributed by atoms with E-state index >= 15 is 0 Å². The van der Waals surface area contributed by atoms with Crippen molar-refractivity contribution in [3.05, 3.63) is 77.0 Å². The van der Waals surface area contributed by atoms with Crippen molar-refractivity contribution >= 4 is 16.9 Å². The summed E-state index contributed by atoms with van der Waals surface area (Å²) in [6.07, 6.45) is 0.409. The number of benzene rings is 2. The van der Waals surface area contributed by atoms with Gasteiger partial charge in [-0.15, -0.1) is 0 Å². The molecular formula is C21H17N3O5. The third-order valence-corrected chi connectivity index (χ3v) is 4.13. The predicted octanol–water partition coefficient (Wildman–Crippen LogP) is 2.58. The molecule has 0 unspecified atom stereocenters. The van der Waals surface area contributed by atoms with Crippen LogP contribution in [0.15, 0.2) is 74.4 Å². The molecule has 0 saturated heterocycles. The summed E-state index contributed by atoms with van der Waals surface area (Å²) in [5.41, 5.74) is 0.830. The van der Waals surface area contributed by atoms with Gasteiger partial charge in [-0.25, -0.2) is 4.79 Å². The van der Waals surface area contributed by atoms with Gasteiger partial charge in [-0.1, -0.05) is 35.5 Å². The van der Waals surface area contributed by atoms with Gasteiger partial charge in [0.15, 0.2) is 6.61 Å². The molecule has 8 heteroatoms. The lowest BCUT2D eigenvalue weighted by Gasteiger charge is -2.07. The van der Waals surface area contributed by atoms with Gasteiger partial charge in [-0.2, -0.15) is 4.98 Å². The quantitative estimate of drug-likeness (QED) is 0.483. The van der Waals surface area contributed by atoms with Crippen LogP contribution in [0.2, 0.25) is 0 Å². The number of rotatable bonds is 7. The summed E-state index contributed by atoms with van der Waals surface area (Å²) in [6, 6.07) is 17.6. The fourth-order valence-corrected chi connectivity index (χ4v) is 2.70. The van der Waals surface area contributed by atoms with Gasteiger partial charge < -0.3 is 19.0 Å². The van der Waals surface area contributed by atoms with E-state index in [4.69, 9.17) is 13.7 Å². The molecule has 0 fully saturated rings. The predicted molar refractivity (Wildman–Crippen MR) is 104 cm³/mol. The van der Waals surface area contributed by atoms with Crippen LogP contribution in [-0.2, 0) is 11.2 Å². The fraction of sp³-hybridized carbons (Fsp3) is 0.143. The summed E-state index contributed by atoms with van der Waals surface area (Å²) < 4.78 is 15.8.